The lowest BCUT2D eigenvalue weighted by molar-refractivity contribution is -0.148. The van der Waals surface area contributed by atoms with Crippen molar-refractivity contribution in [2.45, 2.75) is 53.4 Å². The highest BCUT2D eigenvalue weighted by atomic mass is 16.5. The van der Waals surface area contributed by atoms with E-state index in [0.717, 1.165) is 40.6 Å². The average molecular weight is 424 g/mol. The third kappa shape index (κ3) is 4.87. The van der Waals surface area contributed by atoms with Crippen LogP contribution in [0.1, 0.15) is 49.9 Å². The molecule has 2 aromatic carbocycles. The normalized spacial score (nSPS) is 11.0. The number of carbonyl (C=O) groups is 2. The van der Waals surface area contributed by atoms with Gasteiger partial charge in [-0.2, -0.15) is 5.10 Å². The van der Waals surface area contributed by atoms with Gasteiger partial charge in [0.2, 0.25) is 0 Å². The van der Waals surface area contributed by atoms with Crippen molar-refractivity contribution in [1.29, 1.82) is 0 Å². The number of nitrogens with one attached hydrogen (secondary N) is 1. The van der Waals surface area contributed by atoms with Gasteiger partial charge >= 0.3 is 11.9 Å². The minimum atomic E-state index is -1.47. The van der Waals surface area contributed by atoms with Gasteiger partial charge in [-0.1, -0.05) is 19.8 Å². The Morgan fingerprint density at radius 2 is 1.81 bits per heavy atom. The van der Waals surface area contributed by atoms with Gasteiger partial charge in [0.15, 0.2) is 0 Å². The predicted molar refractivity (Wildman–Crippen MR) is 121 cm³/mol. The molecular weight excluding hydrogens is 394 g/mol. The first kappa shape index (κ1) is 22.3. The molecule has 164 valence electrons. The predicted octanol–water partition coefficient (Wildman–Crippen LogP) is 5.14. The van der Waals surface area contributed by atoms with Crippen LogP contribution in [0.15, 0.2) is 30.3 Å². The number of carboxylic acids is 1. The van der Waals surface area contributed by atoms with E-state index in [4.69, 9.17) is 9.84 Å². The molecule has 0 saturated heterocycles. The maximum Gasteiger partial charge on any atom is 0.394 e. The molecule has 3 aromatic rings. The molecule has 0 saturated carbocycles. The number of aliphatic carboxylic acids is 1. The maximum absolute atomic E-state index is 12.0. The number of benzene rings is 2. The highest BCUT2D eigenvalue weighted by Crippen LogP contribution is 2.34. The van der Waals surface area contributed by atoms with Crippen molar-refractivity contribution in [2.24, 2.45) is 0 Å². The molecule has 0 unspecified atom stereocenters. The number of fused-ring (bicyclic) bond motifs is 1. The summed E-state index contributed by atoms with van der Waals surface area (Å²) < 4.78 is 6.21. The number of likely N-dealkylation sites (N-methyl/N-ethyl adjacent to an activating group) is 1. The number of amides is 1. The number of ether oxygens (including phenoxy) is 1. The van der Waals surface area contributed by atoms with E-state index in [2.05, 4.69) is 17.1 Å². The fourth-order valence-corrected chi connectivity index (χ4v) is 3.77. The maximum atomic E-state index is 12.0. The fraction of sp³-hybridized carbons (Fsp3) is 0.375. The van der Waals surface area contributed by atoms with Gasteiger partial charge < -0.3 is 14.7 Å². The first-order chi connectivity index (χ1) is 14.8. The van der Waals surface area contributed by atoms with E-state index >= 15 is 0 Å². The Balaban J connectivity index is 1.88. The van der Waals surface area contributed by atoms with Crippen molar-refractivity contribution < 1.29 is 19.4 Å². The monoisotopic (exact) mass is 423 g/mol. The van der Waals surface area contributed by atoms with Crippen LogP contribution in [0.3, 0.4) is 0 Å². The van der Waals surface area contributed by atoms with Crippen molar-refractivity contribution in [3.05, 3.63) is 47.2 Å². The second-order valence-corrected chi connectivity index (χ2v) is 7.70. The van der Waals surface area contributed by atoms with Gasteiger partial charge in [-0.25, -0.2) is 4.79 Å². The summed E-state index contributed by atoms with van der Waals surface area (Å²) >= 11 is 0. The quantitative estimate of drug-likeness (QED) is 0.386. The van der Waals surface area contributed by atoms with E-state index in [0.29, 0.717) is 17.2 Å². The number of aryl methyl sites for hydroxylation is 3. The standard InChI is InChI=1S/C24H29N3O4/c1-5-7-8-9-20-19-14-18(10-11-21(19)26-25-20)31-22-15(3)12-17(13-16(22)4)27(6-2)23(28)24(29)30/h10-14H,5-9H2,1-4H3,(H,25,26)(H,29,30). The highest BCUT2D eigenvalue weighted by molar-refractivity contribution is 6.37. The fourth-order valence-electron chi connectivity index (χ4n) is 3.77. The van der Waals surface area contributed by atoms with Crippen LogP contribution in [0.4, 0.5) is 5.69 Å². The molecule has 0 atom stereocenters. The van der Waals surface area contributed by atoms with E-state index in [-0.39, 0.29) is 6.54 Å². The van der Waals surface area contributed by atoms with Gasteiger partial charge in [-0.3, -0.25) is 9.89 Å². The molecule has 0 aliphatic heterocycles. The second kappa shape index (κ2) is 9.64. The van der Waals surface area contributed by atoms with Crippen LogP contribution in [-0.4, -0.2) is 33.7 Å². The Morgan fingerprint density at radius 1 is 1.10 bits per heavy atom. The number of carbonyl (C=O) groups excluding carboxylic acids is 1. The van der Waals surface area contributed by atoms with Gasteiger partial charge in [0.1, 0.15) is 11.5 Å². The van der Waals surface area contributed by atoms with E-state index in [1.165, 1.54) is 17.7 Å². The Morgan fingerprint density at radius 3 is 2.42 bits per heavy atom. The number of hydrogen-bond acceptors (Lipinski definition) is 4. The number of aromatic amines is 1. The van der Waals surface area contributed by atoms with Crippen LogP contribution < -0.4 is 9.64 Å². The summed E-state index contributed by atoms with van der Waals surface area (Å²) in [5.74, 6) is -1.02. The first-order valence-electron chi connectivity index (χ1n) is 10.7. The molecule has 0 spiro atoms. The SMILES string of the molecule is CCCCCc1n[nH]c2ccc(Oc3c(C)cc(N(CC)C(=O)C(=O)O)cc3C)cc12. The van der Waals surface area contributed by atoms with Crippen molar-refractivity contribution >= 4 is 28.5 Å². The average Bonchev–Trinajstić information content (AvgIpc) is 3.13. The number of rotatable bonds is 8. The molecule has 0 bridgehead atoms. The number of unbranched alkanes of at least 4 members (excludes halogenated alkanes) is 2. The Hall–Kier alpha value is -3.35. The van der Waals surface area contributed by atoms with Crippen molar-refractivity contribution in [3.63, 3.8) is 0 Å². The summed E-state index contributed by atoms with van der Waals surface area (Å²) in [7, 11) is 0. The van der Waals surface area contributed by atoms with Crippen LogP contribution in [0.25, 0.3) is 10.9 Å². The van der Waals surface area contributed by atoms with Gasteiger partial charge in [0, 0.05) is 17.6 Å². The van der Waals surface area contributed by atoms with Crippen LogP contribution in [0.2, 0.25) is 0 Å². The second-order valence-electron chi connectivity index (χ2n) is 7.70. The number of hydrogen-bond donors (Lipinski definition) is 2. The number of H-pyrrole nitrogens is 1. The summed E-state index contributed by atoms with van der Waals surface area (Å²) in [6, 6.07) is 9.41. The lowest BCUT2D eigenvalue weighted by atomic mass is 10.1. The Bertz CT molecular complexity index is 1080. The van der Waals surface area contributed by atoms with Gasteiger partial charge in [-0.05, 0) is 75.1 Å². The Kier molecular flexibility index (Phi) is 6.95. The number of anilines is 1. The lowest BCUT2D eigenvalue weighted by Crippen LogP contribution is -2.36. The van der Waals surface area contributed by atoms with E-state index in [1.54, 1.807) is 19.1 Å². The molecule has 0 radical (unpaired) electrons. The van der Waals surface area contributed by atoms with Crippen molar-refractivity contribution in [3.8, 4) is 11.5 Å². The zero-order chi connectivity index (χ0) is 22.5. The topological polar surface area (TPSA) is 95.5 Å². The minimum Gasteiger partial charge on any atom is -0.474 e. The third-order valence-corrected chi connectivity index (χ3v) is 5.35. The summed E-state index contributed by atoms with van der Waals surface area (Å²) in [6.07, 6.45) is 4.37. The number of aromatic nitrogens is 2. The molecule has 31 heavy (non-hydrogen) atoms. The van der Waals surface area contributed by atoms with E-state index < -0.39 is 11.9 Å². The molecule has 2 N–H and O–H groups in total. The summed E-state index contributed by atoms with van der Waals surface area (Å²) in [4.78, 5) is 24.3. The smallest absolute Gasteiger partial charge is 0.394 e. The molecule has 3 rings (SSSR count). The third-order valence-electron chi connectivity index (χ3n) is 5.35. The minimum absolute atomic E-state index is 0.266. The zero-order valence-electron chi connectivity index (χ0n) is 18.5. The largest absolute Gasteiger partial charge is 0.474 e. The molecule has 7 nitrogen and oxygen atoms in total. The first-order valence-corrected chi connectivity index (χ1v) is 10.7. The molecule has 0 aliphatic carbocycles. The summed E-state index contributed by atoms with van der Waals surface area (Å²) in [6.45, 7) is 7.97. The Labute approximate surface area is 182 Å². The number of nitrogens with zero attached hydrogens (tertiary/aromatic N) is 2. The van der Waals surface area contributed by atoms with E-state index in [1.807, 2.05) is 32.0 Å². The zero-order valence-corrected chi connectivity index (χ0v) is 18.5. The summed E-state index contributed by atoms with van der Waals surface area (Å²) in [5.41, 5.74) is 4.21. The molecule has 0 aliphatic rings. The van der Waals surface area contributed by atoms with Gasteiger partial charge in [0.25, 0.3) is 0 Å². The van der Waals surface area contributed by atoms with Crippen LogP contribution >= 0.6 is 0 Å². The van der Waals surface area contributed by atoms with Crippen molar-refractivity contribution in [2.75, 3.05) is 11.4 Å². The molecular formula is C24H29N3O4. The van der Waals surface area contributed by atoms with Crippen LogP contribution in [0.5, 0.6) is 11.5 Å². The van der Waals surface area contributed by atoms with Gasteiger partial charge in [0.05, 0.1) is 11.2 Å². The van der Waals surface area contributed by atoms with Gasteiger partial charge in [-0.15, -0.1) is 0 Å². The summed E-state index contributed by atoms with van der Waals surface area (Å²) in [5, 5.41) is 17.7. The van der Waals surface area contributed by atoms with Crippen LogP contribution in [0, 0.1) is 13.8 Å². The molecule has 0 fully saturated rings. The molecule has 7 heteroatoms. The molecule has 1 aromatic heterocycles. The van der Waals surface area contributed by atoms with Crippen LogP contribution in [-0.2, 0) is 16.0 Å². The molecule has 1 amide bonds. The number of carboxylic acid groups (broad SMARTS) is 1. The van der Waals surface area contributed by atoms with Crippen molar-refractivity contribution in [1.82, 2.24) is 10.2 Å². The highest BCUT2D eigenvalue weighted by Gasteiger charge is 2.22. The van der Waals surface area contributed by atoms with E-state index in [9.17, 15) is 9.59 Å². The molecule has 1 heterocycles. The lowest BCUT2D eigenvalue weighted by Gasteiger charge is -2.21.